The van der Waals surface area contributed by atoms with E-state index in [-0.39, 0.29) is 36.0 Å². The zero-order chi connectivity index (χ0) is 39.7. The maximum Gasteiger partial charge on any atom is 0.255 e. The summed E-state index contributed by atoms with van der Waals surface area (Å²) < 4.78 is 27.6. The van der Waals surface area contributed by atoms with E-state index in [1.54, 1.807) is 29.2 Å². The van der Waals surface area contributed by atoms with Crippen LogP contribution in [0.2, 0.25) is 0 Å². The average Bonchev–Trinajstić information content (AvgIpc) is 4.01. The number of imide groups is 1. The van der Waals surface area contributed by atoms with Crippen LogP contribution >= 0.6 is 0 Å². The van der Waals surface area contributed by atoms with E-state index in [0.717, 1.165) is 101 Å². The average molecular weight is 790 g/mol. The van der Waals surface area contributed by atoms with Gasteiger partial charge >= 0.3 is 0 Å². The van der Waals surface area contributed by atoms with Crippen LogP contribution in [0.25, 0.3) is 10.9 Å². The minimum absolute atomic E-state index is 0.0570. The lowest BCUT2D eigenvalue weighted by Gasteiger charge is -2.55. The molecule has 1 saturated carbocycles. The molecular formula is C44H48FN7O6. The first kappa shape index (κ1) is 36.8. The summed E-state index contributed by atoms with van der Waals surface area (Å²) in [4.78, 5) is 61.7. The molecule has 2 atom stereocenters. The quantitative estimate of drug-likeness (QED) is 0.182. The molecule has 5 aliphatic heterocycles. The Balaban J connectivity index is 0.769. The first-order valence-corrected chi connectivity index (χ1v) is 20.8. The Morgan fingerprint density at radius 2 is 1.71 bits per heavy atom. The number of hydrogen-bond acceptors (Lipinski definition) is 10. The van der Waals surface area contributed by atoms with E-state index in [2.05, 4.69) is 31.2 Å². The molecule has 3 aromatic carbocycles. The lowest BCUT2D eigenvalue weighted by molar-refractivity contribution is -0.140. The lowest BCUT2D eigenvalue weighted by atomic mass is 9.66. The van der Waals surface area contributed by atoms with Crippen LogP contribution in [0, 0.1) is 17.2 Å². The van der Waals surface area contributed by atoms with Crippen LogP contribution in [0.3, 0.4) is 0 Å². The molecule has 1 N–H and O–H groups in total. The van der Waals surface area contributed by atoms with Crippen LogP contribution in [-0.2, 0) is 20.9 Å². The molecule has 4 amide bonds. The van der Waals surface area contributed by atoms with Crippen molar-refractivity contribution in [3.05, 3.63) is 77.3 Å². The third-order valence-corrected chi connectivity index (χ3v) is 13.9. The van der Waals surface area contributed by atoms with Gasteiger partial charge in [0.05, 0.1) is 29.9 Å². The third-order valence-electron chi connectivity index (χ3n) is 13.9. The summed E-state index contributed by atoms with van der Waals surface area (Å²) in [7, 11) is 1.62. The molecule has 10 rings (SSSR count). The van der Waals surface area contributed by atoms with Crippen LogP contribution in [0.4, 0.5) is 21.5 Å². The van der Waals surface area contributed by atoms with Crippen molar-refractivity contribution in [1.29, 1.82) is 0 Å². The number of piperazine rings is 1. The second kappa shape index (κ2) is 14.4. The first-order chi connectivity index (χ1) is 28.2. The van der Waals surface area contributed by atoms with Gasteiger partial charge in [-0.25, -0.2) is 4.39 Å². The van der Waals surface area contributed by atoms with Crippen molar-refractivity contribution < 1.29 is 32.8 Å². The Hall–Kier alpha value is -5.50. The second-order valence-corrected chi connectivity index (χ2v) is 17.0. The highest BCUT2D eigenvalue weighted by atomic mass is 19.1. The summed E-state index contributed by atoms with van der Waals surface area (Å²) in [6, 6.07) is 14.1. The molecule has 4 saturated heterocycles. The third kappa shape index (κ3) is 6.01. The van der Waals surface area contributed by atoms with Gasteiger partial charge in [0.1, 0.15) is 29.4 Å². The number of ether oxygens (including phenoxy) is 1. The van der Waals surface area contributed by atoms with Crippen molar-refractivity contribution in [3.8, 4) is 5.75 Å². The molecule has 1 aromatic heterocycles. The fraction of sp³-hybridized carbons (Fsp3) is 0.477. The van der Waals surface area contributed by atoms with Gasteiger partial charge in [0.25, 0.3) is 5.91 Å². The molecule has 6 heterocycles. The minimum Gasteiger partial charge on any atom is -0.496 e. The predicted molar refractivity (Wildman–Crippen MR) is 214 cm³/mol. The number of nitrogens with one attached hydrogen (secondary N) is 1. The molecular weight excluding hydrogens is 742 g/mol. The van der Waals surface area contributed by atoms with Gasteiger partial charge in [-0.15, -0.1) is 0 Å². The molecule has 0 unspecified atom stereocenters. The summed E-state index contributed by atoms with van der Waals surface area (Å²) >= 11 is 0. The molecule has 13 nitrogen and oxygen atoms in total. The number of β-lactam (4-membered cyclic amide) rings is 1. The number of carbonyl (C=O) groups excluding carboxylic acids is 4. The summed E-state index contributed by atoms with van der Waals surface area (Å²) in [5, 5.41) is 7.39. The zero-order valence-electron chi connectivity index (χ0n) is 32.8. The molecule has 302 valence electrons. The number of rotatable bonds is 8. The van der Waals surface area contributed by atoms with Crippen molar-refractivity contribution in [2.75, 3.05) is 67.6 Å². The molecule has 0 bridgehead atoms. The number of methoxy groups -OCH3 is 1. The maximum absolute atomic E-state index is 16.4. The normalized spacial score (nSPS) is 23.9. The van der Waals surface area contributed by atoms with E-state index >= 15 is 4.39 Å². The lowest BCUT2D eigenvalue weighted by Crippen LogP contribution is -2.62. The Labute approximate surface area is 336 Å². The van der Waals surface area contributed by atoms with Crippen LogP contribution in [0.15, 0.2) is 59.3 Å². The number of hydrogen-bond donors (Lipinski definition) is 1. The number of carbonyl (C=O) groups is 4. The van der Waals surface area contributed by atoms with Crippen molar-refractivity contribution in [3.63, 3.8) is 0 Å². The van der Waals surface area contributed by atoms with Crippen LogP contribution in [0.1, 0.15) is 78.9 Å². The Bertz CT molecular complexity index is 2310. The summed E-state index contributed by atoms with van der Waals surface area (Å²) in [6.45, 7) is 6.48. The van der Waals surface area contributed by atoms with E-state index in [0.29, 0.717) is 52.7 Å². The number of nitrogens with zero attached hydrogens (tertiary/aromatic N) is 6. The highest BCUT2D eigenvalue weighted by molar-refractivity contribution is 6.11. The van der Waals surface area contributed by atoms with E-state index in [9.17, 15) is 19.2 Å². The number of halogens is 1. The van der Waals surface area contributed by atoms with Crippen molar-refractivity contribution in [1.82, 2.24) is 20.3 Å². The van der Waals surface area contributed by atoms with Gasteiger partial charge in [0.2, 0.25) is 17.7 Å². The van der Waals surface area contributed by atoms with Crippen molar-refractivity contribution in [2.24, 2.45) is 11.3 Å². The Morgan fingerprint density at radius 3 is 2.47 bits per heavy atom. The van der Waals surface area contributed by atoms with Crippen molar-refractivity contribution in [2.45, 2.75) is 70.0 Å². The summed E-state index contributed by atoms with van der Waals surface area (Å²) in [5.74, 6) is 0.0282. The predicted octanol–water partition coefficient (Wildman–Crippen LogP) is 5.42. The van der Waals surface area contributed by atoms with Gasteiger partial charge < -0.3 is 28.9 Å². The number of fused-ring (bicyclic) bond motifs is 2. The highest BCUT2D eigenvalue weighted by Crippen LogP contribution is 2.62. The molecule has 58 heavy (non-hydrogen) atoms. The largest absolute Gasteiger partial charge is 0.496 e. The van der Waals surface area contributed by atoms with E-state index < -0.39 is 17.4 Å². The SMILES string of the molecule is COc1cc(N2CCC(CN3CCN(c4ccc5c(c4)CN([C@H]4CCC(=O)NC4=O)C5=O)CC3)CC2)c(F)cc1[C@@H]1N(c2cccc3conc23)C(=O)C12CCCC2. The standard InChI is InChI=1S/C44H48FN7O6/c1-57-37-23-36(33(45)22-32(37)40-44(13-2-3-14-44)43(56)52(40)34-6-4-5-28-26-58-47-39(28)34)50-15-11-27(12-16-50)24-48-17-19-49(20-18-48)30-7-8-31-29(21-30)25-51(42(31)55)35-9-10-38(53)46-41(35)54/h4-8,21-23,26-27,35,40H,2-3,9-20,24-25H2,1H3,(H,46,53,54)/t35-,40-/m0/s1. The molecule has 1 aliphatic carbocycles. The number of amides is 4. The molecule has 4 aromatic rings. The minimum atomic E-state index is -0.618. The smallest absolute Gasteiger partial charge is 0.255 e. The van der Waals surface area contributed by atoms with Gasteiger partial charge in [-0.3, -0.25) is 29.4 Å². The molecule has 14 heteroatoms. The second-order valence-electron chi connectivity index (χ2n) is 17.0. The van der Waals surface area contributed by atoms with Crippen LogP contribution < -0.4 is 24.8 Å². The molecule has 1 spiro atoms. The van der Waals surface area contributed by atoms with Crippen molar-refractivity contribution >= 4 is 51.6 Å². The van der Waals surface area contributed by atoms with Gasteiger partial charge in [0, 0.05) is 87.0 Å². The topological polar surface area (TPSA) is 132 Å². The van der Waals surface area contributed by atoms with E-state index in [1.165, 1.54) is 0 Å². The number of anilines is 3. The fourth-order valence-corrected chi connectivity index (χ4v) is 10.8. The van der Waals surface area contributed by atoms with E-state index in [1.807, 2.05) is 36.4 Å². The van der Waals surface area contributed by atoms with Crippen LogP contribution in [-0.4, -0.2) is 97.6 Å². The highest BCUT2D eigenvalue weighted by Gasteiger charge is 2.63. The molecule has 0 radical (unpaired) electrons. The Morgan fingerprint density at radius 1 is 0.914 bits per heavy atom. The maximum atomic E-state index is 16.4. The van der Waals surface area contributed by atoms with Gasteiger partial charge in [0.15, 0.2) is 0 Å². The summed E-state index contributed by atoms with van der Waals surface area (Å²) in [6.07, 6.45) is 7.54. The number of aromatic nitrogens is 1. The number of benzene rings is 3. The molecule has 5 fully saturated rings. The summed E-state index contributed by atoms with van der Waals surface area (Å²) in [5.41, 5.74) is 4.58. The Kier molecular flexibility index (Phi) is 9.14. The monoisotopic (exact) mass is 789 g/mol. The van der Waals surface area contributed by atoms with Gasteiger partial charge in [-0.1, -0.05) is 24.1 Å². The first-order valence-electron chi connectivity index (χ1n) is 20.8. The molecule has 6 aliphatic rings. The van der Waals surface area contributed by atoms with Crippen LogP contribution in [0.5, 0.6) is 5.75 Å². The van der Waals surface area contributed by atoms with E-state index in [4.69, 9.17) is 9.26 Å². The zero-order valence-corrected chi connectivity index (χ0v) is 32.8. The van der Waals surface area contributed by atoms with Gasteiger partial charge in [-0.05, 0) is 80.0 Å². The number of piperidine rings is 2. The van der Waals surface area contributed by atoms with Gasteiger partial charge in [-0.2, -0.15) is 0 Å². The fourth-order valence-electron chi connectivity index (χ4n) is 10.8.